The largest absolute Gasteiger partial charge is 0.383 e. The first-order chi connectivity index (χ1) is 13.7. The van der Waals surface area contributed by atoms with Crippen LogP contribution >= 0.6 is 0 Å². The maximum atomic E-state index is 12.0. The van der Waals surface area contributed by atoms with Crippen LogP contribution in [0.3, 0.4) is 0 Å². The lowest BCUT2D eigenvalue weighted by molar-refractivity contribution is -0.127. The Hall–Kier alpha value is -3.48. The Morgan fingerprint density at radius 1 is 1.21 bits per heavy atom. The number of nitrogen functional groups attached to an aromatic ring is 1. The molecule has 0 spiro atoms. The van der Waals surface area contributed by atoms with Crippen LogP contribution in [0, 0.1) is 0 Å². The SMILES string of the molecule is C=CC(=O)N1CCC[C@@H](n2nc(/C=C/c3ccccc3)c3c(N)ncnc32)C1. The molecule has 2 N–H and O–H groups in total. The molecule has 28 heavy (non-hydrogen) atoms. The number of amides is 1. The van der Waals surface area contributed by atoms with Gasteiger partial charge < -0.3 is 10.6 Å². The van der Waals surface area contributed by atoms with Crippen molar-refractivity contribution in [1.82, 2.24) is 24.6 Å². The highest BCUT2D eigenvalue weighted by molar-refractivity contribution is 5.94. The molecule has 7 heteroatoms. The Balaban J connectivity index is 1.73. The summed E-state index contributed by atoms with van der Waals surface area (Å²) in [5, 5.41) is 5.53. The van der Waals surface area contributed by atoms with E-state index in [2.05, 4.69) is 16.5 Å². The summed E-state index contributed by atoms with van der Waals surface area (Å²) < 4.78 is 1.89. The van der Waals surface area contributed by atoms with Crippen molar-refractivity contribution >= 4 is 34.9 Å². The molecule has 1 atom stereocenters. The van der Waals surface area contributed by atoms with Gasteiger partial charge in [-0.2, -0.15) is 5.10 Å². The molecular formula is C21H22N6O. The van der Waals surface area contributed by atoms with Gasteiger partial charge in [-0.1, -0.05) is 43.0 Å². The topological polar surface area (TPSA) is 89.9 Å². The van der Waals surface area contributed by atoms with E-state index < -0.39 is 0 Å². The number of hydrogen-bond donors (Lipinski definition) is 1. The van der Waals surface area contributed by atoms with Gasteiger partial charge >= 0.3 is 0 Å². The van der Waals surface area contributed by atoms with E-state index in [9.17, 15) is 4.79 Å². The van der Waals surface area contributed by atoms with Gasteiger partial charge in [0.2, 0.25) is 5.91 Å². The van der Waals surface area contributed by atoms with Crippen molar-refractivity contribution in [3.8, 4) is 0 Å². The second kappa shape index (κ2) is 7.64. The van der Waals surface area contributed by atoms with Gasteiger partial charge in [-0.15, -0.1) is 0 Å². The lowest BCUT2D eigenvalue weighted by Crippen LogP contribution is -2.40. The maximum absolute atomic E-state index is 12.0. The third kappa shape index (κ3) is 3.38. The van der Waals surface area contributed by atoms with Crippen molar-refractivity contribution in [2.75, 3.05) is 18.8 Å². The van der Waals surface area contributed by atoms with E-state index in [0.717, 1.165) is 36.0 Å². The summed E-state index contributed by atoms with van der Waals surface area (Å²) in [5.41, 5.74) is 8.64. The van der Waals surface area contributed by atoms with Crippen LogP contribution in [0.1, 0.15) is 30.1 Å². The quantitative estimate of drug-likeness (QED) is 0.709. The number of fused-ring (bicyclic) bond motifs is 1. The van der Waals surface area contributed by atoms with Crippen molar-refractivity contribution < 1.29 is 4.79 Å². The van der Waals surface area contributed by atoms with Crippen LogP contribution in [0.4, 0.5) is 5.82 Å². The number of piperidine rings is 1. The van der Waals surface area contributed by atoms with Crippen LogP contribution in [-0.2, 0) is 4.79 Å². The standard InChI is InChI=1S/C21H22N6O/c1-2-18(28)26-12-6-9-16(13-26)27-21-19(20(22)23-14-24-21)17(25-27)11-10-15-7-4-3-5-8-15/h2-5,7-8,10-11,14,16H,1,6,9,12-13H2,(H2,22,23,24)/b11-10+/t16-/m1/s1. The van der Waals surface area contributed by atoms with Gasteiger partial charge in [-0.3, -0.25) is 4.79 Å². The van der Waals surface area contributed by atoms with Gasteiger partial charge in [0.15, 0.2) is 5.65 Å². The third-order valence-electron chi connectivity index (χ3n) is 5.01. The number of anilines is 1. The molecule has 0 bridgehead atoms. The number of nitrogens with zero attached hydrogens (tertiary/aromatic N) is 5. The fourth-order valence-electron chi connectivity index (χ4n) is 3.62. The van der Waals surface area contributed by atoms with Gasteiger partial charge in [0.1, 0.15) is 12.1 Å². The molecule has 0 radical (unpaired) electrons. The maximum Gasteiger partial charge on any atom is 0.246 e. The van der Waals surface area contributed by atoms with Gasteiger partial charge in [-0.25, -0.2) is 14.6 Å². The van der Waals surface area contributed by atoms with E-state index in [-0.39, 0.29) is 11.9 Å². The van der Waals surface area contributed by atoms with E-state index in [1.54, 1.807) is 4.90 Å². The number of rotatable bonds is 4. The highest BCUT2D eigenvalue weighted by atomic mass is 16.2. The molecule has 1 fully saturated rings. The molecule has 1 saturated heterocycles. The number of likely N-dealkylation sites (tertiary alicyclic amines) is 1. The first-order valence-electron chi connectivity index (χ1n) is 9.30. The zero-order valence-corrected chi connectivity index (χ0v) is 15.5. The van der Waals surface area contributed by atoms with Crippen LogP contribution in [0.25, 0.3) is 23.2 Å². The Labute approximate surface area is 163 Å². The number of carbonyl (C=O) groups excluding carboxylic acids is 1. The highest BCUT2D eigenvalue weighted by Crippen LogP contribution is 2.29. The fraction of sp³-hybridized carbons (Fsp3) is 0.238. The van der Waals surface area contributed by atoms with Gasteiger partial charge in [0.05, 0.1) is 17.1 Å². The van der Waals surface area contributed by atoms with Crippen LogP contribution in [-0.4, -0.2) is 43.6 Å². The average Bonchev–Trinajstić information content (AvgIpc) is 3.12. The molecule has 142 valence electrons. The van der Waals surface area contributed by atoms with Crippen LogP contribution in [0.15, 0.2) is 49.3 Å². The number of benzene rings is 1. The molecule has 1 aromatic carbocycles. The summed E-state index contributed by atoms with van der Waals surface area (Å²) in [6.07, 6.45) is 8.56. The second-order valence-corrected chi connectivity index (χ2v) is 6.82. The third-order valence-corrected chi connectivity index (χ3v) is 5.01. The van der Waals surface area contributed by atoms with Crippen molar-refractivity contribution in [3.05, 3.63) is 60.6 Å². The van der Waals surface area contributed by atoms with E-state index in [1.807, 2.05) is 47.2 Å². The van der Waals surface area contributed by atoms with E-state index in [4.69, 9.17) is 10.8 Å². The van der Waals surface area contributed by atoms with E-state index in [0.29, 0.717) is 18.0 Å². The number of hydrogen-bond acceptors (Lipinski definition) is 5. The molecule has 7 nitrogen and oxygen atoms in total. The Morgan fingerprint density at radius 2 is 2.04 bits per heavy atom. The van der Waals surface area contributed by atoms with E-state index in [1.165, 1.54) is 12.4 Å². The van der Waals surface area contributed by atoms with Crippen LogP contribution in [0.2, 0.25) is 0 Å². The lowest BCUT2D eigenvalue weighted by Gasteiger charge is -2.32. The molecule has 3 aromatic rings. The van der Waals surface area contributed by atoms with Crippen LogP contribution < -0.4 is 5.73 Å². The number of carbonyl (C=O) groups is 1. The molecule has 1 aliphatic rings. The zero-order valence-electron chi connectivity index (χ0n) is 15.5. The minimum Gasteiger partial charge on any atom is -0.383 e. The van der Waals surface area contributed by atoms with Crippen molar-refractivity contribution in [2.45, 2.75) is 18.9 Å². The van der Waals surface area contributed by atoms with Gasteiger partial charge in [0, 0.05) is 13.1 Å². The van der Waals surface area contributed by atoms with Crippen molar-refractivity contribution in [2.24, 2.45) is 0 Å². The van der Waals surface area contributed by atoms with Crippen molar-refractivity contribution in [1.29, 1.82) is 0 Å². The molecule has 1 amide bonds. The predicted molar refractivity (Wildman–Crippen MR) is 110 cm³/mol. The van der Waals surface area contributed by atoms with Crippen LogP contribution in [0.5, 0.6) is 0 Å². The number of nitrogens with two attached hydrogens (primary N) is 1. The molecule has 2 aromatic heterocycles. The van der Waals surface area contributed by atoms with Crippen molar-refractivity contribution in [3.63, 3.8) is 0 Å². The van der Waals surface area contributed by atoms with E-state index >= 15 is 0 Å². The molecule has 4 rings (SSSR count). The summed E-state index contributed by atoms with van der Waals surface area (Å²) in [6, 6.07) is 10.0. The van der Waals surface area contributed by atoms with Gasteiger partial charge in [-0.05, 0) is 30.6 Å². The summed E-state index contributed by atoms with van der Waals surface area (Å²) in [4.78, 5) is 22.4. The Bertz CT molecular complexity index is 1040. The first kappa shape index (κ1) is 17.9. The summed E-state index contributed by atoms with van der Waals surface area (Å²) in [7, 11) is 0. The normalized spacial score (nSPS) is 17.3. The summed E-state index contributed by atoms with van der Waals surface area (Å²) in [5.74, 6) is 0.346. The Morgan fingerprint density at radius 3 is 2.82 bits per heavy atom. The minimum absolute atomic E-state index is 0.0355. The Kier molecular flexibility index (Phi) is 4.89. The minimum atomic E-state index is -0.0560. The predicted octanol–water partition coefficient (Wildman–Crippen LogP) is 2.93. The summed E-state index contributed by atoms with van der Waals surface area (Å²) in [6.45, 7) is 4.90. The highest BCUT2D eigenvalue weighted by Gasteiger charge is 2.27. The lowest BCUT2D eigenvalue weighted by atomic mass is 10.1. The molecule has 0 aliphatic carbocycles. The zero-order chi connectivity index (χ0) is 19.5. The number of aromatic nitrogens is 4. The molecular weight excluding hydrogens is 352 g/mol. The molecule has 3 heterocycles. The molecule has 0 unspecified atom stereocenters. The average molecular weight is 374 g/mol. The molecule has 1 aliphatic heterocycles. The molecule has 0 saturated carbocycles. The fourth-order valence-corrected chi connectivity index (χ4v) is 3.62. The summed E-state index contributed by atoms with van der Waals surface area (Å²) >= 11 is 0. The van der Waals surface area contributed by atoms with Gasteiger partial charge in [0.25, 0.3) is 0 Å². The first-order valence-corrected chi connectivity index (χ1v) is 9.30. The second-order valence-electron chi connectivity index (χ2n) is 6.82. The smallest absolute Gasteiger partial charge is 0.246 e. The monoisotopic (exact) mass is 374 g/mol.